The number of anilines is 1. The summed E-state index contributed by atoms with van der Waals surface area (Å²) in [5.74, 6) is 2.73. The Morgan fingerprint density at radius 2 is 1.75 bits per heavy atom. The molecule has 24 heavy (non-hydrogen) atoms. The van der Waals surface area contributed by atoms with Gasteiger partial charge in [-0.2, -0.15) is 0 Å². The number of hydrogen-bond donors (Lipinski definition) is 3. The highest BCUT2D eigenvalue weighted by atomic mass is 16.5. The van der Waals surface area contributed by atoms with Crippen LogP contribution >= 0.6 is 0 Å². The summed E-state index contributed by atoms with van der Waals surface area (Å²) in [5, 5.41) is 0. The number of aryl methyl sites for hydroxylation is 1. The minimum atomic E-state index is -0.967. The molecule has 0 spiro atoms. The van der Waals surface area contributed by atoms with Gasteiger partial charge in [0.15, 0.2) is 5.78 Å². The zero-order chi connectivity index (χ0) is 18.1. The Kier molecular flexibility index (Phi) is 7.44. The van der Waals surface area contributed by atoms with Crippen molar-refractivity contribution in [3.05, 3.63) is 41.1 Å². The van der Waals surface area contributed by atoms with Gasteiger partial charge in [0.25, 0.3) is 0 Å². The topological polar surface area (TPSA) is 134 Å². The second kappa shape index (κ2) is 9.31. The van der Waals surface area contributed by atoms with Gasteiger partial charge in [0.1, 0.15) is 11.3 Å². The van der Waals surface area contributed by atoms with Gasteiger partial charge in [0.05, 0.1) is 13.7 Å². The Morgan fingerprint density at radius 1 is 1.12 bits per heavy atom. The minimum absolute atomic E-state index is 0.1000. The van der Waals surface area contributed by atoms with E-state index in [9.17, 15) is 14.4 Å². The van der Waals surface area contributed by atoms with Gasteiger partial charge in [-0.1, -0.05) is 12.1 Å². The highest BCUT2D eigenvalue weighted by Gasteiger charge is 2.24. The Balaban J connectivity index is 2.55. The molecule has 0 bridgehead atoms. The zero-order valence-electron chi connectivity index (χ0n) is 13.6. The molecule has 0 aliphatic carbocycles. The summed E-state index contributed by atoms with van der Waals surface area (Å²) in [6.45, 7) is 1.22. The van der Waals surface area contributed by atoms with Crippen LogP contribution in [0.2, 0.25) is 0 Å². The predicted molar refractivity (Wildman–Crippen MR) is 87.4 cm³/mol. The Bertz CT molecular complexity index is 638. The maximum Gasteiger partial charge on any atom is 0.355 e. The van der Waals surface area contributed by atoms with Crippen LogP contribution in [0.25, 0.3) is 0 Å². The Hall–Kier alpha value is -2.87. The molecule has 1 aromatic carbocycles. The van der Waals surface area contributed by atoms with Gasteiger partial charge in [0.2, 0.25) is 0 Å². The molecule has 0 aliphatic rings. The number of rotatable bonds is 8. The number of benzene rings is 1. The average molecular weight is 335 g/mol. The number of Topliss-reactive ketones (excluding diaryl/α,β-unsaturated/α-hetero) is 1. The lowest BCUT2D eigenvalue weighted by Gasteiger charge is -2.08. The highest BCUT2D eigenvalue weighted by Crippen LogP contribution is 2.10. The van der Waals surface area contributed by atoms with Crippen molar-refractivity contribution in [3.8, 4) is 0 Å². The molecule has 0 unspecified atom stereocenters. The van der Waals surface area contributed by atoms with Gasteiger partial charge in [0, 0.05) is 5.69 Å². The van der Waals surface area contributed by atoms with Gasteiger partial charge in [-0.15, -0.1) is 0 Å². The number of nitrogens with one attached hydrogen (secondary N) is 1. The molecule has 1 aromatic rings. The first-order valence-corrected chi connectivity index (χ1v) is 7.22. The summed E-state index contributed by atoms with van der Waals surface area (Å²) in [7, 11) is 1.09. The molecule has 0 aromatic heterocycles. The van der Waals surface area contributed by atoms with Gasteiger partial charge in [-0.3, -0.25) is 10.6 Å². The lowest BCUT2D eigenvalue weighted by Crippen LogP contribution is -2.25. The normalized spacial score (nSPS) is 11.3. The molecule has 0 heterocycles. The number of nitrogen functional groups attached to an aromatic ring is 1. The number of methoxy groups -OCH3 is 1. The molecular weight excluding hydrogens is 314 g/mol. The number of hydrazine groups is 1. The number of carbonyl (C=O) groups is 3. The van der Waals surface area contributed by atoms with E-state index in [0.717, 1.165) is 25.3 Å². The molecule has 130 valence electrons. The lowest BCUT2D eigenvalue weighted by atomic mass is 10.1. The first-order valence-electron chi connectivity index (χ1n) is 7.22. The number of ketones is 1. The van der Waals surface area contributed by atoms with Crippen LogP contribution in [-0.2, 0) is 30.3 Å². The Labute approximate surface area is 139 Å². The van der Waals surface area contributed by atoms with Crippen LogP contribution < -0.4 is 17.0 Å². The molecule has 0 aliphatic heterocycles. The number of esters is 2. The summed E-state index contributed by atoms with van der Waals surface area (Å²) in [4.78, 5) is 34.7. The van der Waals surface area contributed by atoms with Gasteiger partial charge < -0.3 is 20.6 Å². The van der Waals surface area contributed by atoms with Crippen molar-refractivity contribution in [2.75, 3.05) is 19.1 Å². The predicted octanol–water partition coefficient (Wildman–Crippen LogP) is 0.423. The van der Waals surface area contributed by atoms with Crippen LogP contribution in [0.5, 0.6) is 0 Å². The fourth-order valence-electron chi connectivity index (χ4n) is 1.93. The van der Waals surface area contributed by atoms with E-state index in [4.69, 9.17) is 16.3 Å². The fraction of sp³-hybridized carbons (Fsp3) is 0.312. The van der Waals surface area contributed by atoms with Crippen molar-refractivity contribution in [2.24, 2.45) is 11.6 Å². The van der Waals surface area contributed by atoms with Crippen LogP contribution in [0.3, 0.4) is 0 Å². The lowest BCUT2D eigenvalue weighted by molar-refractivity contribution is -0.142. The van der Waals surface area contributed by atoms with Gasteiger partial charge in [-0.25, -0.2) is 9.59 Å². The third kappa shape index (κ3) is 5.40. The quantitative estimate of drug-likeness (QED) is 0.118. The summed E-state index contributed by atoms with van der Waals surface area (Å²) < 4.78 is 9.41. The van der Waals surface area contributed by atoms with E-state index in [1.54, 1.807) is 0 Å². The zero-order valence-corrected chi connectivity index (χ0v) is 13.6. The summed E-state index contributed by atoms with van der Waals surface area (Å²) in [6, 6.07) is 7.46. The monoisotopic (exact) mass is 335 g/mol. The standard InChI is InChI=1S/C16H21N3O5/c1-10(20)13(15(21)23-2)14(17)16(22)24-9-3-4-11-5-7-12(19-18)8-6-11/h5-8,19H,3-4,9,17-18H2,1-2H3/b14-13-. The molecular formula is C16H21N3O5. The van der Waals surface area contributed by atoms with Crippen molar-refractivity contribution < 1.29 is 23.9 Å². The Morgan fingerprint density at radius 3 is 2.25 bits per heavy atom. The number of ether oxygens (including phenoxy) is 2. The fourth-order valence-corrected chi connectivity index (χ4v) is 1.93. The van der Waals surface area contributed by atoms with E-state index in [1.165, 1.54) is 0 Å². The summed E-state index contributed by atoms with van der Waals surface area (Å²) in [5.41, 5.74) is 8.84. The third-order valence-corrected chi connectivity index (χ3v) is 3.19. The van der Waals surface area contributed by atoms with Crippen LogP contribution in [-0.4, -0.2) is 31.4 Å². The SMILES string of the molecule is COC(=O)/C(C(C)=O)=C(\N)C(=O)OCCCc1ccc(NN)cc1. The van der Waals surface area contributed by atoms with Crippen molar-refractivity contribution in [1.29, 1.82) is 0 Å². The highest BCUT2D eigenvalue weighted by molar-refractivity contribution is 6.20. The molecule has 1 rings (SSSR count). The average Bonchev–Trinajstić information content (AvgIpc) is 2.58. The van der Waals surface area contributed by atoms with E-state index in [-0.39, 0.29) is 6.61 Å². The van der Waals surface area contributed by atoms with Crippen molar-refractivity contribution >= 4 is 23.4 Å². The second-order valence-corrected chi connectivity index (χ2v) is 4.92. The van der Waals surface area contributed by atoms with Crippen LogP contribution in [0, 0.1) is 0 Å². The molecule has 0 radical (unpaired) electrons. The van der Waals surface area contributed by atoms with E-state index < -0.39 is 29.0 Å². The van der Waals surface area contributed by atoms with Gasteiger partial charge in [-0.05, 0) is 37.5 Å². The third-order valence-electron chi connectivity index (χ3n) is 3.19. The van der Waals surface area contributed by atoms with Crippen LogP contribution in [0.4, 0.5) is 5.69 Å². The van der Waals surface area contributed by atoms with Crippen molar-refractivity contribution in [2.45, 2.75) is 19.8 Å². The second-order valence-electron chi connectivity index (χ2n) is 4.92. The number of nitrogens with two attached hydrogens (primary N) is 2. The van der Waals surface area contributed by atoms with E-state index in [2.05, 4.69) is 10.2 Å². The maximum absolute atomic E-state index is 11.8. The van der Waals surface area contributed by atoms with Crippen molar-refractivity contribution in [1.82, 2.24) is 0 Å². The smallest absolute Gasteiger partial charge is 0.355 e. The van der Waals surface area contributed by atoms with Gasteiger partial charge >= 0.3 is 11.9 Å². The van der Waals surface area contributed by atoms with E-state index in [1.807, 2.05) is 24.3 Å². The molecule has 0 atom stereocenters. The number of carbonyl (C=O) groups excluding carboxylic acids is 3. The molecule has 5 N–H and O–H groups in total. The van der Waals surface area contributed by atoms with E-state index in [0.29, 0.717) is 12.8 Å². The first-order chi connectivity index (χ1) is 11.4. The molecule has 0 amide bonds. The minimum Gasteiger partial charge on any atom is -0.465 e. The largest absolute Gasteiger partial charge is 0.465 e. The van der Waals surface area contributed by atoms with E-state index >= 15 is 0 Å². The molecule has 0 fully saturated rings. The van der Waals surface area contributed by atoms with Crippen LogP contribution in [0.15, 0.2) is 35.5 Å². The first kappa shape index (κ1) is 19.2. The maximum atomic E-state index is 11.8. The molecule has 0 saturated carbocycles. The van der Waals surface area contributed by atoms with Crippen molar-refractivity contribution in [3.63, 3.8) is 0 Å². The summed E-state index contributed by atoms with van der Waals surface area (Å²) in [6.07, 6.45) is 1.24. The molecule has 8 nitrogen and oxygen atoms in total. The number of hydrogen-bond acceptors (Lipinski definition) is 8. The van der Waals surface area contributed by atoms with Crippen LogP contribution in [0.1, 0.15) is 18.9 Å². The summed E-state index contributed by atoms with van der Waals surface area (Å²) >= 11 is 0. The molecule has 8 heteroatoms. The molecule has 0 saturated heterocycles.